The summed E-state index contributed by atoms with van der Waals surface area (Å²) in [6.07, 6.45) is 0. The number of rotatable bonds is 3. The molecular formula is C16H12N2O2S. The van der Waals surface area contributed by atoms with Crippen LogP contribution in [-0.2, 0) is 0 Å². The van der Waals surface area contributed by atoms with Crippen molar-refractivity contribution in [1.82, 2.24) is 4.98 Å². The lowest BCUT2D eigenvalue weighted by Crippen LogP contribution is -1.87. The molecule has 0 N–H and O–H groups in total. The number of hydrogen-bond donors (Lipinski definition) is 0. The van der Waals surface area contributed by atoms with Crippen LogP contribution < -0.4 is 0 Å². The minimum Gasteiger partial charge on any atom is -0.258 e. The number of hydrogen-bond acceptors (Lipinski definition) is 4. The zero-order valence-electron chi connectivity index (χ0n) is 11.3. The van der Waals surface area contributed by atoms with Gasteiger partial charge in [-0.25, -0.2) is 4.98 Å². The molecule has 1 aromatic heterocycles. The zero-order chi connectivity index (χ0) is 14.8. The molecule has 3 rings (SSSR count). The third-order valence-corrected chi connectivity index (χ3v) is 4.07. The van der Waals surface area contributed by atoms with E-state index in [1.165, 1.54) is 29.0 Å². The lowest BCUT2D eigenvalue weighted by atomic mass is 10.1. The van der Waals surface area contributed by atoms with Crippen molar-refractivity contribution < 1.29 is 4.92 Å². The summed E-state index contributed by atoms with van der Waals surface area (Å²) in [5.74, 6) is 0. The van der Waals surface area contributed by atoms with Gasteiger partial charge in [0.25, 0.3) is 5.69 Å². The first kappa shape index (κ1) is 13.5. The second-order valence-corrected chi connectivity index (χ2v) is 5.57. The molecule has 4 nitrogen and oxygen atoms in total. The van der Waals surface area contributed by atoms with E-state index in [2.05, 4.69) is 17.1 Å². The lowest BCUT2D eigenvalue weighted by molar-refractivity contribution is -0.384. The number of benzene rings is 2. The Morgan fingerprint density at radius 3 is 2.24 bits per heavy atom. The summed E-state index contributed by atoms with van der Waals surface area (Å²) in [5.41, 5.74) is 4.20. The second-order valence-electron chi connectivity index (χ2n) is 4.71. The minimum absolute atomic E-state index is 0.0917. The quantitative estimate of drug-likeness (QED) is 0.520. The molecule has 0 amide bonds. The Labute approximate surface area is 125 Å². The van der Waals surface area contributed by atoms with Crippen molar-refractivity contribution in [2.75, 3.05) is 0 Å². The molecule has 0 atom stereocenters. The van der Waals surface area contributed by atoms with Gasteiger partial charge < -0.3 is 0 Å². The van der Waals surface area contributed by atoms with E-state index in [1.54, 1.807) is 12.1 Å². The predicted octanol–water partition coefficient (Wildman–Crippen LogP) is 4.69. The Morgan fingerprint density at radius 2 is 1.62 bits per heavy atom. The molecule has 0 aliphatic heterocycles. The van der Waals surface area contributed by atoms with E-state index in [4.69, 9.17) is 0 Å². The first-order valence-electron chi connectivity index (χ1n) is 6.41. The Bertz CT molecular complexity index is 777. The van der Waals surface area contributed by atoms with Crippen molar-refractivity contribution in [2.45, 2.75) is 6.92 Å². The smallest absolute Gasteiger partial charge is 0.258 e. The summed E-state index contributed by atoms with van der Waals surface area (Å²) in [6.45, 7) is 2.05. The second kappa shape index (κ2) is 5.46. The van der Waals surface area contributed by atoms with Gasteiger partial charge in [-0.05, 0) is 19.1 Å². The van der Waals surface area contributed by atoms with Gasteiger partial charge in [-0.1, -0.05) is 29.8 Å². The molecule has 0 saturated carbocycles. The molecule has 0 unspecified atom stereocenters. The maximum absolute atomic E-state index is 10.7. The molecule has 5 heteroatoms. The fourth-order valence-electron chi connectivity index (χ4n) is 1.99. The van der Waals surface area contributed by atoms with Gasteiger partial charge in [-0.3, -0.25) is 10.1 Å². The monoisotopic (exact) mass is 296 g/mol. The number of aryl methyl sites for hydroxylation is 1. The van der Waals surface area contributed by atoms with Crippen LogP contribution >= 0.6 is 11.3 Å². The van der Waals surface area contributed by atoms with Crippen molar-refractivity contribution in [3.63, 3.8) is 0 Å². The Balaban J connectivity index is 1.90. The van der Waals surface area contributed by atoms with Crippen LogP contribution in [0.15, 0.2) is 53.9 Å². The molecular weight excluding hydrogens is 284 g/mol. The Morgan fingerprint density at radius 1 is 1.00 bits per heavy atom. The third kappa shape index (κ3) is 2.83. The molecule has 0 radical (unpaired) electrons. The van der Waals surface area contributed by atoms with E-state index in [-0.39, 0.29) is 5.69 Å². The SMILES string of the molecule is Cc1ccc(-c2csc(-c3ccc([N+](=O)[O-])cc3)n2)cc1. The molecule has 104 valence electrons. The van der Waals surface area contributed by atoms with Gasteiger partial charge in [0, 0.05) is 28.6 Å². The molecule has 0 aliphatic rings. The van der Waals surface area contributed by atoms with E-state index in [9.17, 15) is 10.1 Å². The first-order valence-corrected chi connectivity index (χ1v) is 7.29. The van der Waals surface area contributed by atoms with Gasteiger partial charge in [0.1, 0.15) is 5.01 Å². The predicted molar refractivity (Wildman–Crippen MR) is 84.4 cm³/mol. The average molecular weight is 296 g/mol. The van der Waals surface area contributed by atoms with E-state index >= 15 is 0 Å². The lowest BCUT2D eigenvalue weighted by Gasteiger charge is -1.98. The molecule has 3 aromatic rings. The Hall–Kier alpha value is -2.53. The van der Waals surface area contributed by atoms with Crippen LogP contribution in [0.25, 0.3) is 21.8 Å². The van der Waals surface area contributed by atoms with Crippen LogP contribution in [0.4, 0.5) is 5.69 Å². The maximum atomic E-state index is 10.7. The van der Waals surface area contributed by atoms with Crippen molar-refractivity contribution >= 4 is 17.0 Å². The van der Waals surface area contributed by atoms with E-state index in [0.717, 1.165) is 21.8 Å². The highest BCUT2D eigenvalue weighted by Gasteiger charge is 2.09. The molecule has 1 heterocycles. The van der Waals surface area contributed by atoms with Crippen LogP contribution in [0.5, 0.6) is 0 Å². The van der Waals surface area contributed by atoms with Crippen LogP contribution in [0.1, 0.15) is 5.56 Å². The van der Waals surface area contributed by atoms with Gasteiger partial charge in [0.2, 0.25) is 0 Å². The number of non-ortho nitro benzene ring substituents is 1. The topological polar surface area (TPSA) is 56.0 Å². The number of nitro groups is 1. The van der Waals surface area contributed by atoms with Crippen LogP contribution in [0.3, 0.4) is 0 Å². The first-order chi connectivity index (χ1) is 10.1. The summed E-state index contributed by atoms with van der Waals surface area (Å²) in [6, 6.07) is 14.7. The summed E-state index contributed by atoms with van der Waals surface area (Å²) in [7, 11) is 0. The van der Waals surface area contributed by atoms with E-state index in [1.807, 2.05) is 24.4 Å². The summed E-state index contributed by atoms with van der Waals surface area (Å²) >= 11 is 1.53. The third-order valence-electron chi connectivity index (χ3n) is 3.18. The van der Waals surface area contributed by atoms with Crippen LogP contribution in [0, 0.1) is 17.0 Å². The minimum atomic E-state index is -0.399. The highest BCUT2D eigenvalue weighted by Crippen LogP contribution is 2.29. The highest BCUT2D eigenvalue weighted by molar-refractivity contribution is 7.13. The van der Waals surface area contributed by atoms with Crippen molar-refractivity contribution in [2.24, 2.45) is 0 Å². The fraction of sp³-hybridized carbons (Fsp3) is 0.0625. The fourth-order valence-corrected chi connectivity index (χ4v) is 2.82. The standard InChI is InChI=1S/C16H12N2O2S/c1-11-2-4-12(5-3-11)15-10-21-16(17-15)13-6-8-14(9-7-13)18(19)20/h2-10H,1H3. The van der Waals surface area contributed by atoms with Gasteiger partial charge in [0.05, 0.1) is 10.6 Å². The molecule has 2 aromatic carbocycles. The van der Waals surface area contributed by atoms with Gasteiger partial charge in [-0.2, -0.15) is 0 Å². The molecule has 21 heavy (non-hydrogen) atoms. The molecule has 0 saturated heterocycles. The normalized spacial score (nSPS) is 10.5. The zero-order valence-corrected chi connectivity index (χ0v) is 12.1. The summed E-state index contributed by atoms with van der Waals surface area (Å²) < 4.78 is 0. The molecule has 0 fully saturated rings. The Kier molecular flexibility index (Phi) is 3.50. The van der Waals surface area contributed by atoms with E-state index in [0.29, 0.717) is 0 Å². The van der Waals surface area contributed by atoms with Crippen LogP contribution in [0.2, 0.25) is 0 Å². The molecule has 0 bridgehead atoms. The van der Waals surface area contributed by atoms with Gasteiger partial charge in [0.15, 0.2) is 0 Å². The summed E-state index contributed by atoms with van der Waals surface area (Å²) in [4.78, 5) is 14.9. The number of aromatic nitrogens is 1. The highest BCUT2D eigenvalue weighted by atomic mass is 32.1. The van der Waals surface area contributed by atoms with Gasteiger partial charge in [-0.15, -0.1) is 11.3 Å². The van der Waals surface area contributed by atoms with Crippen LogP contribution in [-0.4, -0.2) is 9.91 Å². The average Bonchev–Trinajstić information content (AvgIpc) is 2.98. The molecule has 0 aliphatic carbocycles. The molecule has 0 spiro atoms. The maximum Gasteiger partial charge on any atom is 0.269 e. The van der Waals surface area contributed by atoms with Gasteiger partial charge >= 0.3 is 0 Å². The number of thiazole rings is 1. The van der Waals surface area contributed by atoms with Crippen molar-refractivity contribution in [3.05, 3.63) is 69.6 Å². The van der Waals surface area contributed by atoms with Crippen molar-refractivity contribution in [1.29, 1.82) is 0 Å². The van der Waals surface area contributed by atoms with E-state index < -0.39 is 4.92 Å². The van der Waals surface area contributed by atoms with Crippen molar-refractivity contribution in [3.8, 4) is 21.8 Å². The number of nitrogens with zero attached hydrogens (tertiary/aromatic N) is 2. The number of nitro benzene ring substituents is 1. The summed E-state index contributed by atoms with van der Waals surface area (Å²) in [5, 5.41) is 13.5. The largest absolute Gasteiger partial charge is 0.269 e.